The fraction of sp³-hybridized carbons (Fsp3) is 0.529. The number of carbonyl (C=O) groups is 2. The first-order chi connectivity index (χ1) is 10.2. The molecule has 22 heavy (non-hydrogen) atoms. The van der Waals surface area contributed by atoms with Crippen molar-refractivity contribution in [3.63, 3.8) is 0 Å². The zero-order valence-corrected chi connectivity index (χ0v) is 13.8. The maximum absolute atomic E-state index is 11.9. The number of aliphatic hydroxyl groups is 1. The molecule has 1 atom stereocenters. The van der Waals surface area contributed by atoms with E-state index in [-0.39, 0.29) is 11.8 Å². The van der Waals surface area contributed by atoms with Crippen LogP contribution in [0.3, 0.4) is 0 Å². The zero-order valence-electron chi connectivity index (χ0n) is 13.8. The van der Waals surface area contributed by atoms with E-state index < -0.39 is 11.5 Å². The lowest BCUT2D eigenvalue weighted by Gasteiger charge is -2.17. The number of amides is 2. The highest BCUT2D eigenvalue weighted by molar-refractivity contribution is 5.94. The lowest BCUT2D eigenvalue weighted by Crippen LogP contribution is -2.34. The van der Waals surface area contributed by atoms with Gasteiger partial charge in [0.2, 0.25) is 5.91 Å². The van der Waals surface area contributed by atoms with Crippen molar-refractivity contribution in [2.75, 3.05) is 6.54 Å². The predicted molar refractivity (Wildman–Crippen MR) is 86.4 cm³/mol. The van der Waals surface area contributed by atoms with E-state index in [1.54, 1.807) is 19.1 Å². The summed E-state index contributed by atoms with van der Waals surface area (Å²) in [5.74, 6) is -0.168. The second-order valence-electron chi connectivity index (χ2n) is 6.52. The van der Waals surface area contributed by atoms with Gasteiger partial charge in [-0.3, -0.25) is 9.59 Å². The number of hydrogen-bond acceptors (Lipinski definition) is 3. The van der Waals surface area contributed by atoms with Gasteiger partial charge in [-0.1, -0.05) is 32.9 Å². The number of rotatable bonds is 6. The van der Waals surface area contributed by atoms with Crippen LogP contribution in [0.5, 0.6) is 0 Å². The number of aliphatic hydroxyl groups excluding tert-OH is 1. The molecule has 1 rings (SSSR count). The summed E-state index contributed by atoms with van der Waals surface area (Å²) in [5, 5.41) is 14.8. The van der Waals surface area contributed by atoms with Crippen molar-refractivity contribution in [1.82, 2.24) is 10.6 Å². The van der Waals surface area contributed by atoms with Gasteiger partial charge >= 0.3 is 0 Å². The van der Waals surface area contributed by atoms with E-state index in [9.17, 15) is 9.59 Å². The maximum atomic E-state index is 11.9. The third kappa shape index (κ3) is 6.26. The van der Waals surface area contributed by atoms with Crippen LogP contribution in [0.15, 0.2) is 24.3 Å². The highest BCUT2D eigenvalue weighted by Crippen LogP contribution is 2.13. The molecule has 0 heterocycles. The molecule has 2 amide bonds. The molecule has 0 aromatic heterocycles. The lowest BCUT2D eigenvalue weighted by atomic mass is 9.95. The molecule has 1 aromatic carbocycles. The van der Waals surface area contributed by atoms with Crippen LogP contribution in [0.1, 0.15) is 50.0 Å². The highest BCUT2D eigenvalue weighted by atomic mass is 16.3. The fourth-order valence-corrected chi connectivity index (χ4v) is 1.72. The average Bonchev–Trinajstić information content (AvgIpc) is 2.43. The summed E-state index contributed by atoms with van der Waals surface area (Å²) < 4.78 is 0. The molecule has 0 saturated carbocycles. The minimum absolute atomic E-state index is 0.00700. The molecule has 0 saturated heterocycles. The molecule has 122 valence electrons. The van der Waals surface area contributed by atoms with E-state index in [2.05, 4.69) is 10.6 Å². The second-order valence-corrected chi connectivity index (χ2v) is 6.52. The summed E-state index contributed by atoms with van der Waals surface area (Å²) in [7, 11) is 0. The quantitative estimate of drug-likeness (QED) is 0.750. The van der Waals surface area contributed by atoms with Gasteiger partial charge in [-0.25, -0.2) is 0 Å². The third-order valence-corrected chi connectivity index (χ3v) is 3.20. The van der Waals surface area contributed by atoms with Crippen LogP contribution >= 0.6 is 0 Å². The normalized spacial score (nSPS) is 12.6. The van der Waals surface area contributed by atoms with Crippen molar-refractivity contribution < 1.29 is 14.7 Å². The van der Waals surface area contributed by atoms with Crippen LogP contribution in [0.2, 0.25) is 0 Å². The van der Waals surface area contributed by atoms with E-state index in [1.807, 2.05) is 32.9 Å². The van der Waals surface area contributed by atoms with Crippen molar-refractivity contribution in [3.8, 4) is 0 Å². The average molecular weight is 306 g/mol. The van der Waals surface area contributed by atoms with Crippen molar-refractivity contribution in [3.05, 3.63) is 35.4 Å². The number of nitrogens with one attached hydrogen (secondary N) is 2. The van der Waals surface area contributed by atoms with Crippen molar-refractivity contribution in [2.45, 2.75) is 46.8 Å². The van der Waals surface area contributed by atoms with Crippen molar-refractivity contribution in [1.29, 1.82) is 0 Å². The molecule has 5 heteroatoms. The van der Waals surface area contributed by atoms with Crippen LogP contribution in [0.25, 0.3) is 0 Å². The van der Waals surface area contributed by atoms with Crippen LogP contribution < -0.4 is 10.6 Å². The number of benzene rings is 1. The van der Waals surface area contributed by atoms with Gasteiger partial charge in [0.1, 0.15) is 0 Å². The molecule has 0 radical (unpaired) electrons. The summed E-state index contributed by atoms with van der Waals surface area (Å²) in [6.45, 7) is 8.17. The first kappa shape index (κ1) is 18.2. The summed E-state index contributed by atoms with van der Waals surface area (Å²) >= 11 is 0. The summed E-state index contributed by atoms with van der Waals surface area (Å²) in [4.78, 5) is 23.7. The second kappa shape index (κ2) is 7.94. The Kier molecular flexibility index (Phi) is 6.56. The largest absolute Gasteiger partial charge is 0.393 e. The summed E-state index contributed by atoms with van der Waals surface area (Å²) in [6, 6.07) is 7.12. The molecule has 0 aliphatic carbocycles. The van der Waals surface area contributed by atoms with Gasteiger partial charge in [0.15, 0.2) is 0 Å². The predicted octanol–water partition coefficient (Wildman–Crippen LogP) is 1.85. The molecule has 1 unspecified atom stereocenters. The van der Waals surface area contributed by atoms with Gasteiger partial charge in [0, 0.05) is 24.1 Å². The molecule has 0 aliphatic rings. The molecule has 1 aromatic rings. The fourth-order valence-electron chi connectivity index (χ4n) is 1.72. The topological polar surface area (TPSA) is 78.4 Å². The van der Waals surface area contributed by atoms with Gasteiger partial charge in [-0.2, -0.15) is 0 Å². The van der Waals surface area contributed by atoms with Crippen molar-refractivity contribution in [2.24, 2.45) is 5.41 Å². The highest BCUT2D eigenvalue weighted by Gasteiger charge is 2.20. The van der Waals surface area contributed by atoms with Crippen LogP contribution in [-0.2, 0) is 11.3 Å². The molecule has 0 fully saturated rings. The molecule has 0 bridgehead atoms. The smallest absolute Gasteiger partial charge is 0.251 e. The lowest BCUT2D eigenvalue weighted by molar-refractivity contribution is -0.128. The Morgan fingerprint density at radius 1 is 1.14 bits per heavy atom. The maximum Gasteiger partial charge on any atom is 0.251 e. The Labute approximate surface area is 132 Å². The zero-order chi connectivity index (χ0) is 16.8. The van der Waals surface area contributed by atoms with Crippen molar-refractivity contribution >= 4 is 11.8 Å². The van der Waals surface area contributed by atoms with E-state index >= 15 is 0 Å². The molecular formula is C17H26N2O3. The van der Waals surface area contributed by atoms with E-state index in [1.165, 1.54) is 0 Å². The van der Waals surface area contributed by atoms with E-state index in [0.29, 0.717) is 25.1 Å². The van der Waals surface area contributed by atoms with Gasteiger partial charge in [-0.05, 0) is 31.0 Å². The number of hydrogen-bond donors (Lipinski definition) is 3. The molecule has 0 aliphatic heterocycles. The minimum atomic E-state index is -0.422. The first-order valence-corrected chi connectivity index (χ1v) is 7.53. The van der Waals surface area contributed by atoms with Gasteiger partial charge in [-0.15, -0.1) is 0 Å². The Morgan fingerprint density at radius 2 is 1.73 bits per heavy atom. The Hall–Kier alpha value is -1.88. The third-order valence-electron chi connectivity index (χ3n) is 3.20. The Balaban J connectivity index is 2.49. The number of carbonyl (C=O) groups excluding carboxylic acids is 2. The van der Waals surface area contributed by atoms with Crippen LogP contribution in [0.4, 0.5) is 0 Å². The van der Waals surface area contributed by atoms with Gasteiger partial charge in [0.25, 0.3) is 5.91 Å². The first-order valence-electron chi connectivity index (χ1n) is 7.53. The Bertz CT molecular complexity index is 502. The summed E-state index contributed by atoms with van der Waals surface area (Å²) in [6.07, 6.45) is 0.108. The van der Waals surface area contributed by atoms with Gasteiger partial charge < -0.3 is 15.7 Å². The molecular weight excluding hydrogens is 280 g/mol. The SMILES string of the molecule is CC(O)CCNC(=O)c1ccc(CNC(=O)C(C)(C)C)cc1. The Morgan fingerprint density at radius 3 is 2.23 bits per heavy atom. The monoisotopic (exact) mass is 306 g/mol. The molecule has 0 spiro atoms. The minimum Gasteiger partial charge on any atom is -0.393 e. The molecule has 5 nitrogen and oxygen atoms in total. The summed E-state index contributed by atoms with van der Waals surface area (Å²) in [5.41, 5.74) is 1.10. The van der Waals surface area contributed by atoms with E-state index in [0.717, 1.165) is 5.56 Å². The van der Waals surface area contributed by atoms with Gasteiger partial charge in [0.05, 0.1) is 6.10 Å². The van der Waals surface area contributed by atoms with Crippen LogP contribution in [-0.4, -0.2) is 29.6 Å². The molecule has 3 N–H and O–H groups in total. The van der Waals surface area contributed by atoms with Crippen LogP contribution in [0, 0.1) is 5.41 Å². The van der Waals surface area contributed by atoms with E-state index in [4.69, 9.17) is 5.11 Å². The standard InChI is InChI=1S/C17H26N2O3/c1-12(20)9-10-18-15(21)14-7-5-13(6-8-14)11-19-16(22)17(2,3)4/h5-8,12,20H,9-11H2,1-4H3,(H,18,21)(H,19,22).